The summed E-state index contributed by atoms with van der Waals surface area (Å²) in [5, 5.41) is 1.13. The van der Waals surface area contributed by atoms with Crippen LogP contribution in [0.3, 0.4) is 0 Å². The summed E-state index contributed by atoms with van der Waals surface area (Å²) in [5.74, 6) is 1.08. The number of H-pyrrole nitrogens is 1. The molecular weight excluding hydrogens is 348 g/mol. The summed E-state index contributed by atoms with van der Waals surface area (Å²) in [6.07, 6.45) is 6.13. The van der Waals surface area contributed by atoms with Gasteiger partial charge in [0.2, 0.25) is 0 Å². The van der Waals surface area contributed by atoms with Crippen LogP contribution in [0.1, 0.15) is 18.4 Å². The molecule has 2 aliphatic rings. The first kappa shape index (κ1) is 17.5. The second-order valence-electron chi connectivity index (χ2n) is 7.99. The van der Waals surface area contributed by atoms with Crippen molar-refractivity contribution < 1.29 is 0 Å². The van der Waals surface area contributed by atoms with Crippen LogP contribution < -0.4 is 9.80 Å². The Bertz CT molecular complexity index is 943. The Labute approximate surface area is 166 Å². The molecule has 0 radical (unpaired) electrons. The number of benzene rings is 1. The first-order valence-corrected chi connectivity index (χ1v) is 10.4. The lowest BCUT2D eigenvalue weighted by molar-refractivity contribution is 0.166. The number of para-hydroxylation sites is 1. The third-order valence-corrected chi connectivity index (χ3v) is 6.32. The normalized spacial score (nSPS) is 21.4. The maximum atomic E-state index is 4.61. The zero-order chi connectivity index (χ0) is 18.9. The summed E-state index contributed by atoms with van der Waals surface area (Å²) in [6.45, 7) is 8.84. The van der Waals surface area contributed by atoms with E-state index in [-0.39, 0.29) is 0 Å². The van der Waals surface area contributed by atoms with Crippen LogP contribution in [-0.4, -0.2) is 65.2 Å². The molecule has 2 aliphatic heterocycles. The number of aromatic amines is 1. The molecule has 0 unspecified atom stereocenters. The van der Waals surface area contributed by atoms with Crippen molar-refractivity contribution in [1.82, 2.24) is 19.9 Å². The van der Waals surface area contributed by atoms with Crippen LogP contribution >= 0.6 is 0 Å². The SMILES string of the molecule is Cc1ccccc1N1CCN([C@H]2CCCN(c3ncnc4[nH]ccc34)C2)CC1. The van der Waals surface area contributed by atoms with Gasteiger partial charge in [-0.15, -0.1) is 0 Å². The molecule has 5 rings (SSSR count). The minimum absolute atomic E-state index is 0.608. The van der Waals surface area contributed by atoms with E-state index in [1.807, 2.05) is 6.20 Å². The van der Waals surface area contributed by atoms with Crippen LogP contribution in [0.25, 0.3) is 11.0 Å². The van der Waals surface area contributed by atoms with Crippen molar-refractivity contribution in [1.29, 1.82) is 0 Å². The standard InChI is InChI=1S/C22H28N6/c1-17-5-2-3-7-20(17)27-13-11-26(12-14-27)18-6-4-10-28(15-18)22-19-8-9-23-21(19)24-16-25-22/h2-3,5,7-9,16,18H,4,6,10-15H2,1H3,(H,23,24,25)/t18-/m0/s1. The molecule has 6 heteroatoms. The van der Waals surface area contributed by atoms with Crippen molar-refractivity contribution in [2.45, 2.75) is 25.8 Å². The zero-order valence-corrected chi connectivity index (χ0v) is 16.5. The van der Waals surface area contributed by atoms with Crippen molar-refractivity contribution in [3.63, 3.8) is 0 Å². The van der Waals surface area contributed by atoms with E-state index in [2.05, 4.69) is 66.9 Å². The molecule has 1 N–H and O–H groups in total. The molecule has 0 aliphatic carbocycles. The smallest absolute Gasteiger partial charge is 0.142 e. The number of aromatic nitrogens is 3. The number of nitrogens with zero attached hydrogens (tertiary/aromatic N) is 5. The molecule has 0 bridgehead atoms. The zero-order valence-electron chi connectivity index (χ0n) is 16.5. The molecule has 146 valence electrons. The average Bonchev–Trinajstić information content (AvgIpc) is 3.23. The van der Waals surface area contributed by atoms with E-state index in [0.29, 0.717) is 6.04 Å². The Morgan fingerprint density at radius 1 is 0.964 bits per heavy atom. The molecule has 6 nitrogen and oxygen atoms in total. The second kappa shape index (κ2) is 7.43. The third kappa shape index (κ3) is 3.22. The molecule has 0 spiro atoms. The van der Waals surface area contributed by atoms with Crippen molar-refractivity contribution in [3.05, 3.63) is 48.4 Å². The fourth-order valence-electron chi connectivity index (χ4n) is 4.80. The number of aryl methyl sites for hydroxylation is 1. The van der Waals surface area contributed by atoms with Crippen LogP contribution in [0.2, 0.25) is 0 Å². The van der Waals surface area contributed by atoms with Gasteiger partial charge >= 0.3 is 0 Å². The highest BCUT2D eigenvalue weighted by molar-refractivity contribution is 5.87. The van der Waals surface area contributed by atoms with Gasteiger partial charge in [-0.2, -0.15) is 0 Å². The van der Waals surface area contributed by atoms with Gasteiger partial charge in [0.15, 0.2) is 0 Å². The second-order valence-corrected chi connectivity index (χ2v) is 7.99. The van der Waals surface area contributed by atoms with Crippen LogP contribution in [0, 0.1) is 6.92 Å². The van der Waals surface area contributed by atoms with E-state index < -0.39 is 0 Å². The van der Waals surface area contributed by atoms with E-state index >= 15 is 0 Å². The van der Waals surface area contributed by atoms with Crippen molar-refractivity contribution in [2.24, 2.45) is 0 Å². The maximum Gasteiger partial charge on any atom is 0.142 e. The number of nitrogens with one attached hydrogen (secondary N) is 1. The summed E-state index contributed by atoms with van der Waals surface area (Å²) in [5.41, 5.74) is 3.70. The van der Waals surface area contributed by atoms with Crippen LogP contribution in [0.4, 0.5) is 11.5 Å². The summed E-state index contributed by atoms with van der Waals surface area (Å²) < 4.78 is 0. The molecule has 2 saturated heterocycles. The molecule has 1 aromatic carbocycles. The molecule has 4 heterocycles. The minimum Gasteiger partial charge on any atom is -0.369 e. The first-order valence-electron chi connectivity index (χ1n) is 10.4. The lowest BCUT2D eigenvalue weighted by Gasteiger charge is -2.44. The van der Waals surface area contributed by atoms with E-state index in [9.17, 15) is 0 Å². The Hall–Kier alpha value is -2.60. The quantitative estimate of drug-likeness (QED) is 0.761. The number of hydrogen-bond acceptors (Lipinski definition) is 5. The molecule has 2 aromatic heterocycles. The number of hydrogen-bond donors (Lipinski definition) is 1. The predicted octanol–water partition coefficient (Wildman–Crippen LogP) is 3.06. The van der Waals surface area contributed by atoms with Gasteiger partial charge in [0, 0.05) is 57.2 Å². The van der Waals surface area contributed by atoms with Crippen molar-refractivity contribution >= 4 is 22.5 Å². The molecule has 0 saturated carbocycles. The van der Waals surface area contributed by atoms with Crippen LogP contribution in [0.15, 0.2) is 42.9 Å². The first-order chi connectivity index (χ1) is 13.8. The minimum atomic E-state index is 0.608. The number of piperazine rings is 1. The monoisotopic (exact) mass is 376 g/mol. The van der Waals surface area contributed by atoms with E-state index in [4.69, 9.17) is 0 Å². The molecule has 3 aromatic rings. The fourth-order valence-corrected chi connectivity index (χ4v) is 4.80. The van der Waals surface area contributed by atoms with E-state index in [0.717, 1.165) is 56.1 Å². The van der Waals surface area contributed by atoms with Gasteiger partial charge in [-0.1, -0.05) is 18.2 Å². The van der Waals surface area contributed by atoms with Gasteiger partial charge in [-0.25, -0.2) is 9.97 Å². The molecule has 1 atom stereocenters. The molecule has 2 fully saturated rings. The summed E-state index contributed by atoms with van der Waals surface area (Å²) in [7, 11) is 0. The van der Waals surface area contributed by atoms with Crippen LogP contribution in [0.5, 0.6) is 0 Å². The predicted molar refractivity (Wildman–Crippen MR) is 114 cm³/mol. The van der Waals surface area contributed by atoms with Gasteiger partial charge in [-0.05, 0) is 37.5 Å². The van der Waals surface area contributed by atoms with E-state index in [1.165, 1.54) is 24.1 Å². The summed E-state index contributed by atoms with van der Waals surface area (Å²) in [4.78, 5) is 19.8. The Morgan fingerprint density at radius 2 is 1.82 bits per heavy atom. The van der Waals surface area contributed by atoms with Crippen molar-refractivity contribution in [3.8, 4) is 0 Å². The highest BCUT2D eigenvalue weighted by atomic mass is 15.3. The van der Waals surface area contributed by atoms with Gasteiger partial charge in [-0.3, -0.25) is 4.90 Å². The lowest BCUT2D eigenvalue weighted by atomic mass is 10.0. The molecular formula is C22H28N6. The van der Waals surface area contributed by atoms with E-state index in [1.54, 1.807) is 6.33 Å². The summed E-state index contributed by atoms with van der Waals surface area (Å²) >= 11 is 0. The summed E-state index contributed by atoms with van der Waals surface area (Å²) in [6, 6.07) is 11.4. The fraction of sp³-hybridized carbons (Fsp3) is 0.455. The third-order valence-electron chi connectivity index (χ3n) is 6.32. The van der Waals surface area contributed by atoms with Crippen LogP contribution in [-0.2, 0) is 0 Å². The van der Waals surface area contributed by atoms with Crippen molar-refractivity contribution in [2.75, 3.05) is 49.1 Å². The number of fused-ring (bicyclic) bond motifs is 1. The Kier molecular flexibility index (Phi) is 4.64. The number of anilines is 2. The van der Waals surface area contributed by atoms with Gasteiger partial charge in [0.1, 0.15) is 17.8 Å². The molecule has 28 heavy (non-hydrogen) atoms. The largest absolute Gasteiger partial charge is 0.369 e. The maximum absolute atomic E-state index is 4.61. The van der Waals surface area contributed by atoms with Gasteiger partial charge in [0.05, 0.1) is 5.39 Å². The number of piperidine rings is 1. The Morgan fingerprint density at radius 3 is 2.68 bits per heavy atom. The average molecular weight is 377 g/mol. The molecule has 0 amide bonds. The highest BCUT2D eigenvalue weighted by Gasteiger charge is 2.29. The topological polar surface area (TPSA) is 51.3 Å². The Balaban J connectivity index is 1.26. The lowest BCUT2D eigenvalue weighted by Crippen LogP contribution is -2.55. The number of rotatable bonds is 3. The highest BCUT2D eigenvalue weighted by Crippen LogP contribution is 2.28. The van der Waals surface area contributed by atoms with Gasteiger partial charge in [0.25, 0.3) is 0 Å². The van der Waals surface area contributed by atoms with Gasteiger partial charge < -0.3 is 14.8 Å².